The summed E-state index contributed by atoms with van der Waals surface area (Å²) in [6.45, 7) is -0.174. The number of rotatable bonds is 4. The van der Waals surface area contributed by atoms with E-state index in [9.17, 15) is 14.2 Å². The van der Waals surface area contributed by atoms with Crippen LogP contribution in [-0.4, -0.2) is 46.3 Å². The normalized spacial score (nSPS) is 34.5. The van der Waals surface area contributed by atoms with E-state index in [-0.39, 0.29) is 25.6 Å². The first-order chi connectivity index (χ1) is 14.4. The number of carbonyl (C=O) groups is 1. The Morgan fingerprint density at radius 1 is 1.30 bits per heavy atom. The highest BCUT2D eigenvalue weighted by Gasteiger charge is 2.69. The van der Waals surface area contributed by atoms with Crippen molar-refractivity contribution in [2.75, 3.05) is 18.9 Å². The van der Waals surface area contributed by atoms with Gasteiger partial charge in [0.25, 0.3) is 0 Å². The summed E-state index contributed by atoms with van der Waals surface area (Å²) < 4.78 is 42.0. The molecular weight excluding hydrogens is 417 g/mol. The lowest BCUT2D eigenvalue weighted by molar-refractivity contribution is -0.189. The van der Waals surface area contributed by atoms with Crippen molar-refractivity contribution < 1.29 is 32.6 Å². The Balaban J connectivity index is 1.34. The van der Waals surface area contributed by atoms with Gasteiger partial charge in [0.1, 0.15) is 30.2 Å². The third-order valence-electron chi connectivity index (χ3n) is 5.26. The SMILES string of the molecule is Nc1ccn([C@@H]2O[C@@]34CO[C@@H]2[C@@H]3OP(=O)(C(=O)OCc2ccccc2)OC4)c(=O)n1. The first kappa shape index (κ1) is 19.4. The van der Waals surface area contributed by atoms with Crippen molar-refractivity contribution in [2.24, 2.45) is 0 Å². The fraction of sp³-hybridized carbons (Fsp3) is 0.389. The van der Waals surface area contributed by atoms with E-state index in [4.69, 9.17) is 29.0 Å². The van der Waals surface area contributed by atoms with E-state index in [1.807, 2.05) is 6.07 Å². The number of benzene rings is 1. The van der Waals surface area contributed by atoms with E-state index < -0.39 is 43.0 Å². The first-order valence-corrected chi connectivity index (χ1v) is 10.7. The predicted octanol–water partition coefficient (Wildman–Crippen LogP) is 1.44. The average molecular weight is 435 g/mol. The van der Waals surface area contributed by atoms with Crippen LogP contribution in [0.1, 0.15) is 11.8 Å². The molecule has 0 aliphatic carbocycles. The Morgan fingerprint density at radius 2 is 2.10 bits per heavy atom. The molecule has 158 valence electrons. The molecular formula is C18H18N3O8P. The molecule has 1 unspecified atom stereocenters. The summed E-state index contributed by atoms with van der Waals surface area (Å²) in [7, 11) is -4.23. The summed E-state index contributed by atoms with van der Waals surface area (Å²) in [6.07, 6.45) is -1.13. The fourth-order valence-electron chi connectivity index (χ4n) is 3.76. The Bertz CT molecular complexity index is 1090. The molecule has 5 atom stereocenters. The second-order valence-electron chi connectivity index (χ2n) is 7.23. The van der Waals surface area contributed by atoms with Crippen LogP contribution in [0.5, 0.6) is 0 Å². The molecule has 5 rings (SSSR count). The van der Waals surface area contributed by atoms with Gasteiger partial charge in [-0.05, 0) is 11.6 Å². The number of ether oxygens (including phenoxy) is 3. The van der Waals surface area contributed by atoms with Gasteiger partial charge >= 0.3 is 19.0 Å². The average Bonchev–Trinajstić information content (AvgIpc) is 3.25. The summed E-state index contributed by atoms with van der Waals surface area (Å²) in [5, 5.41) is 0. The van der Waals surface area contributed by atoms with E-state index in [0.717, 1.165) is 5.56 Å². The van der Waals surface area contributed by atoms with Gasteiger partial charge in [-0.1, -0.05) is 30.3 Å². The van der Waals surface area contributed by atoms with Crippen LogP contribution in [-0.2, 0) is 34.4 Å². The number of carbonyl (C=O) groups excluding carboxylic acids is 1. The fourth-order valence-corrected chi connectivity index (χ4v) is 5.24. The molecule has 0 amide bonds. The van der Waals surface area contributed by atoms with Gasteiger partial charge < -0.3 is 19.9 Å². The molecule has 11 nitrogen and oxygen atoms in total. The Morgan fingerprint density at radius 3 is 2.87 bits per heavy atom. The molecule has 0 saturated carbocycles. The van der Waals surface area contributed by atoms with Crippen LogP contribution in [0.4, 0.5) is 10.6 Å². The zero-order valence-corrected chi connectivity index (χ0v) is 16.5. The van der Waals surface area contributed by atoms with Crippen LogP contribution in [0.2, 0.25) is 0 Å². The standard InChI is InChI=1S/C18H18N3O8P/c19-12-6-7-21(16(22)20-12)15-13-14-18(28-15,9-26-13)10-27-30(24,29-14)17(23)25-8-11-4-2-1-3-5-11/h1-7,13-15H,8-10H2,(H2,19,20,22)/t13-,14+,15-,18-,30?/m1/s1. The van der Waals surface area contributed by atoms with Crippen molar-refractivity contribution in [3.63, 3.8) is 0 Å². The minimum absolute atomic E-state index is 0.0705. The molecule has 2 aromatic rings. The minimum Gasteiger partial charge on any atom is -0.452 e. The van der Waals surface area contributed by atoms with E-state index >= 15 is 0 Å². The van der Waals surface area contributed by atoms with Crippen molar-refractivity contribution in [1.82, 2.24) is 9.55 Å². The number of hydrogen-bond donors (Lipinski definition) is 1. The number of aromatic nitrogens is 2. The lowest BCUT2D eigenvalue weighted by atomic mass is 10.0. The number of nitrogens with zero attached hydrogens (tertiary/aromatic N) is 2. The topological polar surface area (TPSA) is 141 Å². The lowest BCUT2D eigenvalue weighted by Gasteiger charge is -2.36. The Hall–Kier alpha value is -2.56. The predicted molar refractivity (Wildman–Crippen MR) is 101 cm³/mol. The molecule has 1 aromatic carbocycles. The molecule has 12 heteroatoms. The van der Waals surface area contributed by atoms with Crippen LogP contribution in [0.3, 0.4) is 0 Å². The maximum atomic E-state index is 13.0. The number of nitrogens with two attached hydrogens (primary N) is 1. The second kappa shape index (κ2) is 7.00. The third kappa shape index (κ3) is 3.06. The van der Waals surface area contributed by atoms with Gasteiger partial charge in [-0.25, -0.2) is 14.2 Å². The molecule has 2 bridgehead atoms. The highest BCUT2D eigenvalue weighted by molar-refractivity contribution is 7.71. The van der Waals surface area contributed by atoms with Crippen LogP contribution in [0.15, 0.2) is 47.4 Å². The number of nitrogen functional groups attached to an aromatic ring is 1. The molecule has 2 N–H and O–H groups in total. The maximum absolute atomic E-state index is 13.0. The Labute approximate surface area is 170 Å². The molecule has 3 aliphatic rings. The van der Waals surface area contributed by atoms with Gasteiger partial charge in [-0.3, -0.25) is 13.6 Å². The van der Waals surface area contributed by atoms with E-state index in [1.54, 1.807) is 24.3 Å². The molecule has 1 aromatic heterocycles. The maximum Gasteiger partial charge on any atom is 0.438 e. The highest BCUT2D eigenvalue weighted by Crippen LogP contribution is 2.62. The van der Waals surface area contributed by atoms with Crippen molar-refractivity contribution in [2.45, 2.75) is 30.6 Å². The molecule has 0 radical (unpaired) electrons. The lowest BCUT2D eigenvalue weighted by Crippen LogP contribution is -2.49. The molecule has 0 spiro atoms. The largest absolute Gasteiger partial charge is 0.452 e. The van der Waals surface area contributed by atoms with Gasteiger partial charge in [0.15, 0.2) is 6.23 Å². The van der Waals surface area contributed by atoms with Crippen LogP contribution in [0, 0.1) is 0 Å². The number of hydrogen-bond acceptors (Lipinski definition) is 10. The summed E-state index contributed by atoms with van der Waals surface area (Å²) in [5.41, 5.74) is 3.45. The van der Waals surface area contributed by atoms with Crippen LogP contribution in [0.25, 0.3) is 0 Å². The molecule has 4 heterocycles. The summed E-state index contributed by atoms with van der Waals surface area (Å²) >= 11 is 0. The smallest absolute Gasteiger partial charge is 0.438 e. The van der Waals surface area contributed by atoms with E-state index in [0.29, 0.717) is 0 Å². The van der Waals surface area contributed by atoms with Crippen molar-refractivity contribution in [3.05, 3.63) is 58.6 Å². The zero-order valence-electron chi connectivity index (χ0n) is 15.6. The van der Waals surface area contributed by atoms with Crippen molar-refractivity contribution >= 4 is 19.1 Å². The molecule has 3 saturated heterocycles. The van der Waals surface area contributed by atoms with Crippen molar-refractivity contribution in [1.29, 1.82) is 0 Å². The van der Waals surface area contributed by atoms with Crippen LogP contribution >= 0.6 is 7.60 Å². The van der Waals surface area contributed by atoms with Gasteiger partial charge in [-0.15, -0.1) is 0 Å². The first-order valence-electron chi connectivity index (χ1n) is 9.19. The van der Waals surface area contributed by atoms with Crippen molar-refractivity contribution in [3.8, 4) is 0 Å². The summed E-state index contributed by atoms with van der Waals surface area (Å²) in [6, 6.07) is 10.4. The number of anilines is 1. The van der Waals surface area contributed by atoms with Gasteiger partial charge in [0.2, 0.25) is 0 Å². The minimum atomic E-state index is -4.23. The van der Waals surface area contributed by atoms with Gasteiger partial charge in [0, 0.05) is 6.20 Å². The zero-order chi connectivity index (χ0) is 20.9. The monoisotopic (exact) mass is 435 g/mol. The summed E-state index contributed by atoms with van der Waals surface area (Å²) in [4.78, 5) is 28.3. The van der Waals surface area contributed by atoms with E-state index in [2.05, 4.69) is 4.98 Å². The van der Waals surface area contributed by atoms with E-state index in [1.165, 1.54) is 16.8 Å². The molecule has 3 aliphatic heterocycles. The van der Waals surface area contributed by atoms with Gasteiger partial charge in [-0.2, -0.15) is 4.98 Å². The van der Waals surface area contributed by atoms with Gasteiger partial charge in [0.05, 0.1) is 13.2 Å². The van der Waals surface area contributed by atoms with Crippen LogP contribution < -0.4 is 11.4 Å². The highest BCUT2D eigenvalue weighted by atomic mass is 31.2. The third-order valence-corrected chi connectivity index (χ3v) is 6.81. The second-order valence-corrected chi connectivity index (χ2v) is 9.06. The summed E-state index contributed by atoms with van der Waals surface area (Å²) in [5.74, 6) is 0.0705. The molecule has 30 heavy (non-hydrogen) atoms. The Kier molecular flexibility index (Phi) is 4.53. The quantitative estimate of drug-likeness (QED) is 0.701. The molecule has 3 fully saturated rings.